The van der Waals surface area contributed by atoms with Crippen LogP contribution in [0.2, 0.25) is 0 Å². The van der Waals surface area contributed by atoms with Gasteiger partial charge in [0.25, 0.3) is 5.91 Å². The first-order valence-corrected chi connectivity index (χ1v) is 11.1. The van der Waals surface area contributed by atoms with Crippen LogP contribution in [0.1, 0.15) is 68.9 Å². The van der Waals surface area contributed by atoms with Crippen molar-refractivity contribution in [3.05, 3.63) is 41.4 Å². The molecule has 2 fully saturated rings. The van der Waals surface area contributed by atoms with Crippen molar-refractivity contribution in [2.24, 2.45) is 17.6 Å². The summed E-state index contributed by atoms with van der Waals surface area (Å²) in [6.45, 7) is 7.41. The van der Waals surface area contributed by atoms with Gasteiger partial charge in [-0.3, -0.25) is 9.78 Å². The van der Waals surface area contributed by atoms with E-state index in [1.54, 1.807) is 13.3 Å². The van der Waals surface area contributed by atoms with Crippen molar-refractivity contribution >= 4 is 5.91 Å². The maximum atomic E-state index is 11.7. The molecule has 2 heterocycles. The molecular weight excluding hydrogens is 378 g/mol. The first-order chi connectivity index (χ1) is 14.3. The lowest BCUT2D eigenvalue weighted by atomic mass is 9.65. The predicted molar refractivity (Wildman–Crippen MR) is 118 cm³/mol. The largest absolute Gasteiger partial charge is 0.380 e. The standard InChI is InChI=1S/C24H37N3O3/c1-16(22-10-9-18(3)30-22)14-27(4)15-20-8-6-7-17(2)24(20,29-5)19-11-12-26-21(13-19)23(25)28/h11-14,17-18,20,22H,6-10,15H2,1-5H3,(H2,25,28)/b16-14-. The summed E-state index contributed by atoms with van der Waals surface area (Å²) in [5.74, 6) is 0.0956. The second kappa shape index (κ2) is 9.48. The Labute approximate surface area is 180 Å². The molecule has 1 saturated heterocycles. The van der Waals surface area contributed by atoms with Crippen molar-refractivity contribution in [2.45, 2.75) is 70.7 Å². The topological polar surface area (TPSA) is 77.7 Å². The predicted octanol–water partition coefficient (Wildman–Crippen LogP) is 3.86. The third-order valence-corrected chi connectivity index (χ3v) is 7.00. The molecule has 3 rings (SSSR count). The van der Waals surface area contributed by atoms with E-state index in [4.69, 9.17) is 15.2 Å². The number of methoxy groups -OCH3 is 1. The molecule has 1 amide bonds. The average Bonchev–Trinajstić information content (AvgIpc) is 3.15. The lowest BCUT2D eigenvalue weighted by Crippen LogP contribution is -2.49. The minimum atomic E-state index is -0.510. The summed E-state index contributed by atoms with van der Waals surface area (Å²) >= 11 is 0. The number of carbonyl (C=O) groups excluding carboxylic acids is 1. The summed E-state index contributed by atoms with van der Waals surface area (Å²) in [4.78, 5) is 18.1. The maximum absolute atomic E-state index is 11.7. The molecule has 166 valence electrons. The molecule has 0 radical (unpaired) electrons. The summed E-state index contributed by atoms with van der Waals surface area (Å²) < 4.78 is 12.3. The van der Waals surface area contributed by atoms with Gasteiger partial charge in [0.2, 0.25) is 0 Å². The molecule has 1 aliphatic carbocycles. The molecule has 1 saturated carbocycles. The Morgan fingerprint density at radius 2 is 2.13 bits per heavy atom. The summed E-state index contributed by atoms with van der Waals surface area (Å²) in [5.41, 5.74) is 7.58. The van der Waals surface area contributed by atoms with E-state index >= 15 is 0 Å². The zero-order valence-corrected chi connectivity index (χ0v) is 19.1. The Hall–Kier alpha value is -1.92. The van der Waals surface area contributed by atoms with Gasteiger partial charge in [-0.15, -0.1) is 0 Å². The molecule has 0 spiro atoms. The van der Waals surface area contributed by atoms with Crippen LogP contribution in [0.25, 0.3) is 0 Å². The van der Waals surface area contributed by atoms with Crippen LogP contribution in [-0.4, -0.2) is 48.7 Å². The number of rotatable bonds is 7. The number of hydrogen-bond donors (Lipinski definition) is 1. The van der Waals surface area contributed by atoms with Crippen LogP contribution in [0, 0.1) is 11.8 Å². The van der Waals surface area contributed by atoms with Gasteiger partial charge in [0.05, 0.1) is 17.8 Å². The molecule has 0 aromatic carbocycles. The summed E-state index contributed by atoms with van der Waals surface area (Å²) in [7, 11) is 3.91. The van der Waals surface area contributed by atoms with Crippen molar-refractivity contribution in [3.63, 3.8) is 0 Å². The Morgan fingerprint density at radius 1 is 1.37 bits per heavy atom. The number of ether oxygens (including phenoxy) is 2. The number of pyridine rings is 1. The fraction of sp³-hybridized carbons (Fsp3) is 0.667. The number of amides is 1. The molecule has 1 aromatic rings. The Morgan fingerprint density at radius 3 is 2.77 bits per heavy atom. The van der Waals surface area contributed by atoms with Crippen molar-refractivity contribution in [2.75, 3.05) is 20.7 Å². The molecule has 30 heavy (non-hydrogen) atoms. The van der Waals surface area contributed by atoms with Gasteiger partial charge in [0, 0.05) is 39.0 Å². The summed E-state index contributed by atoms with van der Waals surface area (Å²) in [5, 5.41) is 0. The normalized spacial score (nSPS) is 32.2. The Bertz CT molecular complexity index is 781. The molecule has 1 aromatic heterocycles. The van der Waals surface area contributed by atoms with Crippen LogP contribution in [0.5, 0.6) is 0 Å². The molecule has 5 unspecified atom stereocenters. The first-order valence-electron chi connectivity index (χ1n) is 11.1. The lowest BCUT2D eigenvalue weighted by molar-refractivity contribution is -0.130. The SMILES string of the molecule is COC1(c2ccnc(C(N)=O)c2)C(C)CCCC1CN(C)/C=C(/C)C1CCC(C)O1. The third kappa shape index (κ3) is 4.54. The second-order valence-corrected chi connectivity index (χ2v) is 9.15. The van der Waals surface area contributed by atoms with Crippen LogP contribution in [0.3, 0.4) is 0 Å². The molecule has 5 atom stereocenters. The smallest absolute Gasteiger partial charge is 0.267 e. The van der Waals surface area contributed by atoms with Gasteiger partial charge >= 0.3 is 0 Å². The van der Waals surface area contributed by atoms with Crippen molar-refractivity contribution in [1.29, 1.82) is 0 Å². The monoisotopic (exact) mass is 415 g/mol. The number of hydrogen-bond acceptors (Lipinski definition) is 5. The minimum absolute atomic E-state index is 0.221. The zero-order valence-electron chi connectivity index (χ0n) is 19.1. The number of carbonyl (C=O) groups is 1. The third-order valence-electron chi connectivity index (χ3n) is 7.00. The molecule has 2 aliphatic rings. The molecule has 6 heteroatoms. The van der Waals surface area contributed by atoms with E-state index < -0.39 is 11.5 Å². The van der Waals surface area contributed by atoms with Crippen molar-refractivity contribution < 1.29 is 14.3 Å². The molecule has 0 bridgehead atoms. The second-order valence-electron chi connectivity index (χ2n) is 9.15. The number of primary amides is 1. The zero-order chi connectivity index (χ0) is 21.9. The fourth-order valence-electron chi connectivity index (χ4n) is 5.51. The minimum Gasteiger partial charge on any atom is -0.380 e. The van der Waals surface area contributed by atoms with Gasteiger partial charge < -0.3 is 20.1 Å². The lowest BCUT2D eigenvalue weighted by Gasteiger charge is -2.49. The van der Waals surface area contributed by atoms with Crippen LogP contribution < -0.4 is 5.73 Å². The highest BCUT2D eigenvalue weighted by Gasteiger charge is 2.48. The number of nitrogens with zero attached hydrogens (tertiary/aromatic N) is 2. The quantitative estimate of drug-likeness (QED) is 0.732. The average molecular weight is 416 g/mol. The van der Waals surface area contributed by atoms with Gasteiger partial charge in [-0.25, -0.2) is 0 Å². The fourth-order valence-corrected chi connectivity index (χ4v) is 5.51. The van der Waals surface area contributed by atoms with Gasteiger partial charge in [0.1, 0.15) is 5.69 Å². The van der Waals surface area contributed by atoms with Gasteiger partial charge in [-0.1, -0.05) is 13.3 Å². The van der Waals surface area contributed by atoms with Crippen LogP contribution in [0.15, 0.2) is 30.1 Å². The van der Waals surface area contributed by atoms with Gasteiger partial charge in [-0.05, 0) is 68.7 Å². The van der Waals surface area contributed by atoms with Gasteiger partial charge in [0.15, 0.2) is 0 Å². The molecule has 6 nitrogen and oxygen atoms in total. The maximum Gasteiger partial charge on any atom is 0.267 e. The first kappa shape index (κ1) is 22.8. The molecular formula is C24H37N3O3. The van der Waals surface area contributed by atoms with E-state index in [0.29, 0.717) is 12.0 Å². The number of aromatic nitrogens is 1. The van der Waals surface area contributed by atoms with E-state index in [1.807, 2.05) is 12.1 Å². The van der Waals surface area contributed by atoms with E-state index in [2.05, 4.69) is 43.9 Å². The van der Waals surface area contributed by atoms with Crippen molar-refractivity contribution in [1.82, 2.24) is 9.88 Å². The highest BCUT2D eigenvalue weighted by Crippen LogP contribution is 2.48. The summed E-state index contributed by atoms with van der Waals surface area (Å²) in [6, 6.07) is 3.79. The molecule has 1 aliphatic heterocycles. The van der Waals surface area contributed by atoms with Crippen LogP contribution in [0.4, 0.5) is 0 Å². The van der Waals surface area contributed by atoms with Crippen LogP contribution >= 0.6 is 0 Å². The van der Waals surface area contributed by atoms with Gasteiger partial charge in [-0.2, -0.15) is 0 Å². The Balaban J connectivity index is 1.86. The summed E-state index contributed by atoms with van der Waals surface area (Å²) in [6.07, 6.45) is 10.00. The van der Waals surface area contributed by atoms with Crippen molar-refractivity contribution in [3.8, 4) is 0 Å². The van der Waals surface area contributed by atoms with E-state index in [9.17, 15) is 4.79 Å². The molecule has 2 N–H and O–H groups in total. The van der Waals surface area contributed by atoms with E-state index in [0.717, 1.165) is 37.8 Å². The Kier molecular flexibility index (Phi) is 7.19. The van der Waals surface area contributed by atoms with E-state index in [1.165, 1.54) is 12.0 Å². The van der Waals surface area contributed by atoms with E-state index in [-0.39, 0.29) is 17.7 Å². The number of nitrogens with two attached hydrogens (primary N) is 1. The van der Waals surface area contributed by atoms with Crippen LogP contribution in [-0.2, 0) is 15.1 Å². The highest BCUT2D eigenvalue weighted by atomic mass is 16.5. The highest BCUT2D eigenvalue weighted by molar-refractivity contribution is 5.90.